The fourth-order valence-corrected chi connectivity index (χ4v) is 4.93. The summed E-state index contributed by atoms with van der Waals surface area (Å²) in [5, 5.41) is 4.79. The van der Waals surface area contributed by atoms with Gasteiger partial charge in [0.15, 0.2) is 0 Å². The van der Waals surface area contributed by atoms with E-state index in [1.165, 1.54) is 0 Å². The summed E-state index contributed by atoms with van der Waals surface area (Å²) in [5.74, 6) is 1.38. The van der Waals surface area contributed by atoms with Crippen molar-refractivity contribution in [2.45, 2.75) is 77.3 Å². The van der Waals surface area contributed by atoms with Gasteiger partial charge < -0.3 is 10.6 Å². The van der Waals surface area contributed by atoms with Gasteiger partial charge in [-0.2, -0.15) is 0 Å². The second-order valence-corrected chi connectivity index (χ2v) is 8.44. The zero-order valence-corrected chi connectivity index (χ0v) is 15.6. The van der Waals surface area contributed by atoms with Crippen LogP contribution in [0.1, 0.15) is 65.2 Å². The lowest BCUT2D eigenvalue weighted by Gasteiger charge is -2.46. The van der Waals surface area contributed by atoms with Crippen molar-refractivity contribution >= 4 is 33.9 Å². The molecule has 23 heavy (non-hydrogen) atoms. The standard InChI is InChI=1S/C17H28Cl2N2O2/c1-17(2,11-3-7-13(8-4-11)20-15(18)22)12-5-9-14(10-6-12)21-16(19)23/h11-14H,3-10H2,1-2H3,(H,20,22)(H,21,23). The van der Waals surface area contributed by atoms with Gasteiger partial charge in [-0.1, -0.05) is 13.8 Å². The van der Waals surface area contributed by atoms with Crippen LogP contribution in [0.3, 0.4) is 0 Å². The van der Waals surface area contributed by atoms with Crippen LogP contribution >= 0.6 is 23.2 Å². The van der Waals surface area contributed by atoms with Gasteiger partial charge in [0, 0.05) is 12.1 Å². The van der Waals surface area contributed by atoms with Crippen LogP contribution in [-0.4, -0.2) is 22.8 Å². The van der Waals surface area contributed by atoms with Crippen molar-refractivity contribution in [1.82, 2.24) is 10.6 Å². The van der Waals surface area contributed by atoms with Crippen molar-refractivity contribution in [2.75, 3.05) is 0 Å². The second-order valence-electron chi connectivity index (χ2n) is 7.75. The molecular weight excluding hydrogens is 335 g/mol. The summed E-state index contributed by atoms with van der Waals surface area (Å²) in [5.41, 5.74) is 0.298. The van der Waals surface area contributed by atoms with E-state index in [0.717, 1.165) is 51.4 Å². The van der Waals surface area contributed by atoms with E-state index < -0.39 is 10.7 Å². The van der Waals surface area contributed by atoms with Gasteiger partial charge in [-0.25, -0.2) is 0 Å². The minimum Gasteiger partial charge on any atom is -0.340 e. The van der Waals surface area contributed by atoms with Crippen molar-refractivity contribution < 1.29 is 9.59 Å². The highest BCUT2D eigenvalue weighted by molar-refractivity contribution is 6.63. The first kappa shape index (κ1) is 18.9. The van der Waals surface area contributed by atoms with Crippen LogP contribution in [0.15, 0.2) is 0 Å². The van der Waals surface area contributed by atoms with Crippen molar-refractivity contribution in [1.29, 1.82) is 0 Å². The van der Waals surface area contributed by atoms with Crippen LogP contribution < -0.4 is 10.6 Å². The molecular formula is C17H28Cl2N2O2. The van der Waals surface area contributed by atoms with Crippen molar-refractivity contribution in [3.05, 3.63) is 0 Å². The minimum absolute atomic E-state index is 0.238. The molecule has 2 fully saturated rings. The Morgan fingerprint density at radius 2 is 1.04 bits per heavy atom. The topological polar surface area (TPSA) is 58.2 Å². The minimum atomic E-state index is -0.438. The van der Waals surface area contributed by atoms with E-state index in [2.05, 4.69) is 24.5 Å². The van der Waals surface area contributed by atoms with E-state index >= 15 is 0 Å². The molecule has 0 aromatic carbocycles. The van der Waals surface area contributed by atoms with E-state index in [-0.39, 0.29) is 12.1 Å². The van der Waals surface area contributed by atoms with Gasteiger partial charge in [0.2, 0.25) is 0 Å². The van der Waals surface area contributed by atoms with Gasteiger partial charge in [-0.3, -0.25) is 9.59 Å². The van der Waals surface area contributed by atoms with Crippen LogP contribution in [0, 0.1) is 17.3 Å². The summed E-state index contributed by atoms with van der Waals surface area (Å²) in [6.45, 7) is 4.78. The number of rotatable bonds is 4. The Labute approximate surface area is 149 Å². The van der Waals surface area contributed by atoms with Gasteiger partial charge >= 0.3 is 10.7 Å². The Hall–Kier alpha value is -0.480. The number of halogens is 2. The Bertz CT molecular complexity index is 388. The average molecular weight is 363 g/mol. The summed E-state index contributed by atoms with van der Waals surface area (Å²) >= 11 is 10.8. The summed E-state index contributed by atoms with van der Waals surface area (Å²) < 4.78 is 0. The maximum Gasteiger partial charge on any atom is 0.314 e. The zero-order chi connectivity index (χ0) is 17.0. The molecule has 0 unspecified atom stereocenters. The molecule has 0 aromatic heterocycles. The maximum absolute atomic E-state index is 11.0. The normalized spacial score (nSPS) is 32.2. The van der Waals surface area contributed by atoms with Gasteiger partial charge in [0.25, 0.3) is 0 Å². The first-order valence-corrected chi connectivity index (χ1v) is 9.46. The van der Waals surface area contributed by atoms with Gasteiger partial charge in [0.1, 0.15) is 0 Å². The Morgan fingerprint density at radius 1 is 0.739 bits per heavy atom. The molecule has 2 N–H and O–H groups in total. The smallest absolute Gasteiger partial charge is 0.314 e. The molecule has 0 heterocycles. The molecule has 0 bridgehead atoms. The lowest BCUT2D eigenvalue weighted by Crippen LogP contribution is -2.43. The van der Waals surface area contributed by atoms with Crippen LogP contribution in [0.2, 0.25) is 0 Å². The zero-order valence-electron chi connectivity index (χ0n) is 14.0. The number of hydrogen-bond donors (Lipinski definition) is 2. The molecule has 2 aliphatic carbocycles. The van der Waals surface area contributed by atoms with Crippen molar-refractivity contribution in [3.63, 3.8) is 0 Å². The fourth-order valence-electron chi connectivity index (χ4n) is 4.62. The number of carbonyl (C=O) groups is 2. The number of hydrogen-bond acceptors (Lipinski definition) is 2. The van der Waals surface area contributed by atoms with Crippen LogP contribution in [0.25, 0.3) is 0 Å². The molecule has 0 aliphatic heterocycles. The third kappa shape index (κ3) is 5.25. The molecule has 132 valence electrons. The van der Waals surface area contributed by atoms with E-state index in [1.807, 2.05) is 0 Å². The quantitative estimate of drug-likeness (QED) is 0.544. The first-order chi connectivity index (χ1) is 10.8. The van der Waals surface area contributed by atoms with Crippen molar-refractivity contribution in [3.8, 4) is 0 Å². The maximum atomic E-state index is 11.0. The molecule has 0 aromatic rings. The largest absolute Gasteiger partial charge is 0.340 e. The summed E-state index contributed by atoms with van der Waals surface area (Å²) in [7, 11) is 0. The molecule has 2 rings (SSSR count). The number of carbonyl (C=O) groups excluding carboxylic acids is 2. The molecule has 2 saturated carbocycles. The van der Waals surface area contributed by atoms with E-state index in [4.69, 9.17) is 23.2 Å². The second kappa shape index (κ2) is 8.06. The number of nitrogens with one attached hydrogen (secondary N) is 2. The fraction of sp³-hybridized carbons (Fsp3) is 0.882. The predicted octanol–water partition coefficient (Wildman–Crippen LogP) is 5.03. The summed E-state index contributed by atoms with van der Waals surface area (Å²) in [4.78, 5) is 21.9. The Kier molecular flexibility index (Phi) is 6.61. The molecule has 0 atom stereocenters. The van der Waals surface area contributed by atoms with E-state index in [1.54, 1.807) is 0 Å². The summed E-state index contributed by atoms with van der Waals surface area (Å²) in [6.07, 6.45) is 8.66. The average Bonchev–Trinajstić information content (AvgIpc) is 2.47. The highest BCUT2D eigenvalue weighted by Gasteiger charge is 2.40. The van der Waals surface area contributed by atoms with Gasteiger partial charge in [-0.15, -0.1) is 0 Å². The molecule has 0 spiro atoms. The molecule has 0 radical (unpaired) electrons. The van der Waals surface area contributed by atoms with E-state index in [9.17, 15) is 9.59 Å². The Morgan fingerprint density at radius 3 is 1.30 bits per heavy atom. The van der Waals surface area contributed by atoms with E-state index in [0.29, 0.717) is 17.3 Å². The lowest BCUT2D eigenvalue weighted by atomic mass is 9.60. The number of amides is 2. The molecule has 6 heteroatoms. The molecule has 0 saturated heterocycles. The lowest BCUT2D eigenvalue weighted by molar-refractivity contribution is 0.0489. The van der Waals surface area contributed by atoms with Gasteiger partial charge in [0.05, 0.1) is 0 Å². The van der Waals surface area contributed by atoms with Crippen molar-refractivity contribution in [2.24, 2.45) is 17.3 Å². The highest BCUT2D eigenvalue weighted by atomic mass is 35.5. The van der Waals surface area contributed by atoms with Crippen LogP contribution in [-0.2, 0) is 0 Å². The third-order valence-electron chi connectivity index (χ3n) is 6.19. The van der Waals surface area contributed by atoms with Crippen LogP contribution in [0.4, 0.5) is 9.59 Å². The van der Waals surface area contributed by atoms with Gasteiger partial charge in [-0.05, 0) is 91.8 Å². The SMILES string of the molecule is CC(C)(C1CCC(NC(=O)Cl)CC1)C1CCC(NC(=O)Cl)CC1. The molecule has 4 nitrogen and oxygen atoms in total. The predicted molar refractivity (Wildman–Crippen MR) is 94.0 cm³/mol. The third-order valence-corrected chi connectivity index (χ3v) is 6.41. The highest BCUT2D eigenvalue weighted by Crippen LogP contribution is 2.48. The van der Waals surface area contributed by atoms with Crippen LogP contribution in [0.5, 0.6) is 0 Å². The molecule has 2 aliphatic rings. The molecule has 2 amide bonds. The monoisotopic (exact) mass is 362 g/mol. The summed E-state index contributed by atoms with van der Waals surface area (Å²) in [6, 6.07) is 0.475. The Balaban J connectivity index is 1.83. The first-order valence-electron chi connectivity index (χ1n) is 8.71.